The average molecular weight is 387 g/mol. The number of esters is 1. The summed E-state index contributed by atoms with van der Waals surface area (Å²) in [6, 6.07) is 10.8. The summed E-state index contributed by atoms with van der Waals surface area (Å²) in [6.07, 6.45) is 0. The second-order valence-corrected chi connectivity index (χ2v) is 6.43. The van der Waals surface area contributed by atoms with Crippen molar-refractivity contribution in [2.24, 2.45) is 5.92 Å². The first-order valence-corrected chi connectivity index (χ1v) is 8.72. The standard InChI is InChI=1S/C21H22FNO5/c1-13(2)19(23-20(25)16-6-4-5-7-17(16)22)21(26)28-12-18(24)14-8-10-15(27-3)11-9-14/h4-11,13,19H,12H2,1-3H3,(H,23,25). The molecule has 28 heavy (non-hydrogen) atoms. The van der Waals surface area contributed by atoms with Crippen LogP contribution in [0.3, 0.4) is 0 Å². The number of hydrogen-bond acceptors (Lipinski definition) is 5. The highest BCUT2D eigenvalue weighted by atomic mass is 19.1. The van der Waals surface area contributed by atoms with Crippen LogP contribution in [0.25, 0.3) is 0 Å². The number of hydrogen-bond donors (Lipinski definition) is 1. The van der Waals surface area contributed by atoms with Crippen LogP contribution in [0.5, 0.6) is 5.75 Å². The maximum absolute atomic E-state index is 13.8. The predicted octanol–water partition coefficient (Wildman–Crippen LogP) is 3.01. The van der Waals surface area contributed by atoms with Crippen LogP contribution in [0.4, 0.5) is 4.39 Å². The smallest absolute Gasteiger partial charge is 0.329 e. The van der Waals surface area contributed by atoms with Gasteiger partial charge in [-0.05, 0) is 42.3 Å². The Hall–Kier alpha value is -3.22. The van der Waals surface area contributed by atoms with Crippen LogP contribution in [0, 0.1) is 11.7 Å². The molecule has 148 valence electrons. The number of benzene rings is 2. The van der Waals surface area contributed by atoms with Gasteiger partial charge in [-0.1, -0.05) is 26.0 Å². The molecule has 1 atom stereocenters. The van der Waals surface area contributed by atoms with Crippen LogP contribution in [-0.4, -0.2) is 37.4 Å². The fraction of sp³-hybridized carbons (Fsp3) is 0.286. The van der Waals surface area contributed by atoms with Gasteiger partial charge in [0.1, 0.15) is 17.6 Å². The zero-order valence-electron chi connectivity index (χ0n) is 15.9. The fourth-order valence-corrected chi connectivity index (χ4v) is 2.45. The highest BCUT2D eigenvalue weighted by molar-refractivity contribution is 5.99. The van der Waals surface area contributed by atoms with Gasteiger partial charge in [0.25, 0.3) is 5.91 Å². The first-order valence-electron chi connectivity index (χ1n) is 8.72. The zero-order valence-corrected chi connectivity index (χ0v) is 15.9. The molecule has 0 saturated carbocycles. The Morgan fingerprint density at radius 2 is 1.68 bits per heavy atom. The van der Waals surface area contributed by atoms with Crippen LogP contribution >= 0.6 is 0 Å². The Labute approximate surface area is 162 Å². The normalized spacial score (nSPS) is 11.6. The average Bonchev–Trinajstić information content (AvgIpc) is 2.69. The zero-order chi connectivity index (χ0) is 20.7. The third-order valence-corrected chi connectivity index (χ3v) is 4.08. The Balaban J connectivity index is 1.99. The van der Waals surface area contributed by atoms with Gasteiger partial charge in [-0.15, -0.1) is 0 Å². The molecule has 0 heterocycles. The van der Waals surface area contributed by atoms with Crippen LogP contribution in [0.15, 0.2) is 48.5 Å². The number of carbonyl (C=O) groups is 3. The van der Waals surface area contributed by atoms with Gasteiger partial charge in [-0.2, -0.15) is 0 Å². The van der Waals surface area contributed by atoms with E-state index in [0.29, 0.717) is 11.3 Å². The van der Waals surface area contributed by atoms with E-state index in [1.807, 2.05) is 0 Å². The Kier molecular flexibility index (Phi) is 7.26. The summed E-state index contributed by atoms with van der Waals surface area (Å²) in [7, 11) is 1.51. The number of ketones is 1. The van der Waals surface area contributed by atoms with E-state index in [1.165, 1.54) is 25.3 Å². The van der Waals surface area contributed by atoms with Crippen molar-refractivity contribution in [3.63, 3.8) is 0 Å². The van der Waals surface area contributed by atoms with Gasteiger partial charge in [-0.3, -0.25) is 9.59 Å². The minimum Gasteiger partial charge on any atom is -0.497 e. The summed E-state index contributed by atoms with van der Waals surface area (Å²) in [6.45, 7) is 2.95. The van der Waals surface area contributed by atoms with Crippen LogP contribution in [0.2, 0.25) is 0 Å². The number of carbonyl (C=O) groups excluding carboxylic acids is 3. The molecule has 7 heteroatoms. The summed E-state index contributed by atoms with van der Waals surface area (Å²) >= 11 is 0. The lowest BCUT2D eigenvalue weighted by Crippen LogP contribution is -2.46. The van der Waals surface area contributed by atoms with Gasteiger partial charge in [0.05, 0.1) is 12.7 Å². The number of methoxy groups -OCH3 is 1. The lowest BCUT2D eigenvalue weighted by atomic mass is 10.0. The first-order chi connectivity index (χ1) is 13.3. The minimum atomic E-state index is -1.02. The van der Waals surface area contributed by atoms with Crippen LogP contribution in [0.1, 0.15) is 34.6 Å². The van der Waals surface area contributed by atoms with E-state index in [9.17, 15) is 18.8 Å². The monoisotopic (exact) mass is 387 g/mol. The second kappa shape index (κ2) is 9.64. The molecular formula is C21H22FNO5. The Bertz CT molecular complexity index is 848. The minimum absolute atomic E-state index is 0.171. The summed E-state index contributed by atoms with van der Waals surface area (Å²) in [4.78, 5) is 36.8. The number of Topliss-reactive ketones (excluding diaryl/α,β-unsaturated/α-hetero) is 1. The summed E-state index contributed by atoms with van der Waals surface area (Å²) in [5, 5.41) is 2.47. The Morgan fingerprint density at radius 3 is 2.25 bits per heavy atom. The molecular weight excluding hydrogens is 365 g/mol. The van der Waals surface area contributed by atoms with Crippen molar-refractivity contribution in [2.45, 2.75) is 19.9 Å². The van der Waals surface area contributed by atoms with Crippen molar-refractivity contribution in [1.82, 2.24) is 5.32 Å². The highest BCUT2D eigenvalue weighted by Crippen LogP contribution is 2.13. The molecule has 2 rings (SSSR count). The molecule has 1 N–H and O–H groups in total. The SMILES string of the molecule is COc1ccc(C(=O)COC(=O)C(NC(=O)c2ccccc2F)C(C)C)cc1. The van der Waals surface area contributed by atoms with Crippen molar-refractivity contribution in [3.05, 3.63) is 65.5 Å². The third-order valence-electron chi connectivity index (χ3n) is 4.08. The van der Waals surface area contributed by atoms with Crippen molar-refractivity contribution in [1.29, 1.82) is 0 Å². The number of rotatable bonds is 8. The Morgan fingerprint density at radius 1 is 1.04 bits per heavy atom. The molecule has 0 aromatic heterocycles. The van der Waals surface area contributed by atoms with E-state index in [-0.39, 0.29) is 17.3 Å². The van der Waals surface area contributed by atoms with Crippen LogP contribution < -0.4 is 10.1 Å². The maximum Gasteiger partial charge on any atom is 0.329 e. The van der Waals surface area contributed by atoms with E-state index in [2.05, 4.69) is 5.32 Å². The first kappa shape index (κ1) is 21.1. The molecule has 0 saturated heterocycles. The van der Waals surface area contributed by atoms with E-state index in [4.69, 9.17) is 9.47 Å². The quantitative estimate of drug-likeness (QED) is 0.556. The number of amides is 1. The topological polar surface area (TPSA) is 81.7 Å². The molecule has 0 aliphatic heterocycles. The number of nitrogens with one attached hydrogen (secondary N) is 1. The van der Waals surface area contributed by atoms with Gasteiger partial charge >= 0.3 is 5.97 Å². The molecule has 1 amide bonds. The maximum atomic E-state index is 13.8. The molecule has 2 aromatic rings. The van der Waals surface area contributed by atoms with Crippen LogP contribution in [-0.2, 0) is 9.53 Å². The van der Waals surface area contributed by atoms with Gasteiger partial charge in [-0.25, -0.2) is 9.18 Å². The van der Waals surface area contributed by atoms with Crippen molar-refractivity contribution >= 4 is 17.7 Å². The summed E-state index contributed by atoms with van der Waals surface area (Å²) in [5.41, 5.74) is 0.195. The molecule has 0 spiro atoms. The molecule has 1 unspecified atom stereocenters. The summed E-state index contributed by atoms with van der Waals surface area (Å²) in [5.74, 6) is -2.29. The van der Waals surface area contributed by atoms with Gasteiger partial charge in [0, 0.05) is 5.56 Å². The molecule has 0 fully saturated rings. The predicted molar refractivity (Wildman–Crippen MR) is 101 cm³/mol. The molecule has 0 aliphatic rings. The summed E-state index contributed by atoms with van der Waals surface area (Å²) < 4.78 is 23.9. The fourth-order valence-electron chi connectivity index (χ4n) is 2.45. The third kappa shape index (κ3) is 5.39. The number of halogens is 1. The van der Waals surface area contributed by atoms with Crippen molar-refractivity contribution in [2.75, 3.05) is 13.7 Å². The van der Waals surface area contributed by atoms with Gasteiger partial charge < -0.3 is 14.8 Å². The van der Waals surface area contributed by atoms with Crippen molar-refractivity contribution < 1.29 is 28.2 Å². The van der Waals surface area contributed by atoms with E-state index >= 15 is 0 Å². The molecule has 0 bridgehead atoms. The lowest BCUT2D eigenvalue weighted by molar-refractivity contribution is -0.145. The molecule has 6 nitrogen and oxygen atoms in total. The van der Waals surface area contributed by atoms with Crippen molar-refractivity contribution in [3.8, 4) is 5.75 Å². The largest absolute Gasteiger partial charge is 0.497 e. The van der Waals surface area contributed by atoms with E-state index < -0.39 is 30.3 Å². The molecule has 0 radical (unpaired) electrons. The van der Waals surface area contributed by atoms with E-state index in [1.54, 1.807) is 38.1 Å². The van der Waals surface area contributed by atoms with Gasteiger partial charge in [0.2, 0.25) is 0 Å². The highest BCUT2D eigenvalue weighted by Gasteiger charge is 2.27. The second-order valence-electron chi connectivity index (χ2n) is 6.43. The number of ether oxygens (including phenoxy) is 2. The lowest BCUT2D eigenvalue weighted by Gasteiger charge is -2.21. The molecule has 0 aliphatic carbocycles. The van der Waals surface area contributed by atoms with E-state index in [0.717, 1.165) is 6.07 Å². The van der Waals surface area contributed by atoms with Gasteiger partial charge in [0.15, 0.2) is 12.4 Å². The molecule has 2 aromatic carbocycles.